The largest absolute Gasteiger partial charge is 0.487 e. The van der Waals surface area contributed by atoms with Gasteiger partial charge in [0, 0.05) is 24.6 Å². The quantitative estimate of drug-likeness (QED) is 0.902. The van der Waals surface area contributed by atoms with E-state index in [4.69, 9.17) is 9.84 Å². The van der Waals surface area contributed by atoms with E-state index >= 15 is 0 Å². The van der Waals surface area contributed by atoms with Crippen molar-refractivity contribution < 1.29 is 14.6 Å². The molecule has 0 amide bonds. The average Bonchev–Trinajstić information content (AvgIpc) is 2.52. The third kappa shape index (κ3) is 3.54. The first-order valence-corrected chi connectivity index (χ1v) is 7.78. The Morgan fingerprint density at radius 1 is 1.22 bits per heavy atom. The van der Waals surface area contributed by atoms with Crippen LogP contribution >= 0.6 is 0 Å². The van der Waals surface area contributed by atoms with Crippen LogP contribution in [-0.4, -0.2) is 16.7 Å². The number of fused-ring (bicyclic) bond motifs is 1. The molecule has 1 aliphatic heterocycles. The van der Waals surface area contributed by atoms with Gasteiger partial charge in [0.05, 0.1) is 5.56 Å². The Bertz CT molecular complexity index is 707. The number of benzene rings is 2. The summed E-state index contributed by atoms with van der Waals surface area (Å²) in [6, 6.07) is 15.3. The lowest BCUT2D eigenvalue weighted by Gasteiger charge is -2.38. The zero-order valence-corrected chi connectivity index (χ0v) is 13.4. The maximum absolute atomic E-state index is 10.9. The Morgan fingerprint density at radius 3 is 2.61 bits per heavy atom. The van der Waals surface area contributed by atoms with Crippen molar-refractivity contribution in [1.29, 1.82) is 0 Å². The molecule has 1 atom stereocenters. The number of para-hydroxylation sites is 1. The molecule has 0 radical (unpaired) electrons. The van der Waals surface area contributed by atoms with Gasteiger partial charge in [-0.05, 0) is 37.6 Å². The fourth-order valence-electron chi connectivity index (χ4n) is 2.99. The molecule has 0 saturated carbocycles. The van der Waals surface area contributed by atoms with Crippen LogP contribution in [0.5, 0.6) is 5.75 Å². The lowest BCUT2D eigenvalue weighted by Crippen LogP contribution is -2.39. The van der Waals surface area contributed by atoms with E-state index in [0.717, 1.165) is 17.7 Å². The van der Waals surface area contributed by atoms with Crippen LogP contribution in [0.3, 0.4) is 0 Å². The number of hydrogen-bond donors (Lipinski definition) is 2. The third-order valence-electron chi connectivity index (χ3n) is 4.13. The summed E-state index contributed by atoms with van der Waals surface area (Å²) < 4.78 is 6.04. The van der Waals surface area contributed by atoms with Crippen LogP contribution in [0.4, 0.5) is 0 Å². The van der Waals surface area contributed by atoms with E-state index in [9.17, 15) is 4.79 Å². The molecule has 0 saturated heterocycles. The van der Waals surface area contributed by atoms with E-state index in [1.807, 2.05) is 30.3 Å². The van der Waals surface area contributed by atoms with E-state index in [1.165, 1.54) is 5.56 Å². The number of carbonyl (C=O) groups is 1. The lowest BCUT2D eigenvalue weighted by molar-refractivity contribution is 0.0655. The number of nitrogens with one attached hydrogen (secondary N) is 1. The molecule has 2 aromatic rings. The number of ether oxygens (including phenoxy) is 1. The summed E-state index contributed by atoms with van der Waals surface area (Å²) in [5.41, 5.74) is 2.34. The summed E-state index contributed by atoms with van der Waals surface area (Å²) in [7, 11) is 0. The third-order valence-corrected chi connectivity index (χ3v) is 4.13. The van der Waals surface area contributed by atoms with Crippen LogP contribution in [0, 0.1) is 0 Å². The Kier molecular flexibility index (Phi) is 4.09. The van der Waals surface area contributed by atoms with Gasteiger partial charge in [0.25, 0.3) is 0 Å². The fourth-order valence-corrected chi connectivity index (χ4v) is 2.99. The molecule has 1 unspecified atom stereocenters. The van der Waals surface area contributed by atoms with Gasteiger partial charge in [0.15, 0.2) is 0 Å². The first kappa shape index (κ1) is 15.6. The number of aromatic carboxylic acids is 1. The highest BCUT2D eigenvalue weighted by atomic mass is 16.5. The second-order valence-corrected chi connectivity index (χ2v) is 6.54. The van der Waals surface area contributed by atoms with Crippen molar-refractivity contribution in [3.63, 3.8) is 0 Å². The van der Waals surface area contributed by atoms with Gasteiger partial charge in [-0.3, -0.25) is 0 Å². The predicted octanol–water partition coefficient (Wildman–Crippen LogP) is 3.78. The summed E-state index contributed by atoms with van der Waals surface area (Å²) in [5, 5.41) is 12.5. The van der Waals surface area contributed by atoms with Gasteiger partial charge in [-0.1, -0.05) is 30.3 Å². The molecule has 3 rings (SSSR count). The fraction of sp³-hybridized carbons (Fsp3) is 0.316. The Morgan fingerprint density at radius 2 is 1.91 bits per heavy atom. The second kappa shape index (κ2) is 6.05. The summed E-state index contributed by atoms with van der Waals surface area (Å²) >= 11 is 0. The molecular formula is C19H21NO3. The number of carboxylic acids is 1. The average molecular weight is 311 g/mol. The van der Waals surface area contributed by atoms with Crippen molar-refractivity contribution in [2.75, 3.05) is 0 Å². The monoisotopic (exact) mass is 311 g/mol. The molecular weight excluding hydrogens is 290 g/mol. The molecule has 0 spiro atoms. The molecule has 23 heavy (non-hydrogen) atoms. The number of rotatable bonds is 4. The van der Waals surface area contributed by atoms with E-state index in [-0.39, 0.29) is 11.6 Å². The van der Waals surface area contributed by atoms with E-state index < -0.39 is 5.97 Å². The molecule has 4 nitrogen and oxygen atoms in total. The Balaban J connectivity index is 1.73. The van der Waals surface area contributed by atoms with E-state index in [2.05, 4.69) is 25.2 Å². The van der Waals surface area contributed by atoms with Crippen LogP contribution in [-0.2, 0) is 6.54 Å². The number of hydrogen-bond acceptors (Lipinski definition) is 3. The van der Waals surface area contributed by atoms with Gasteiger partial charge >= 0.3 is 5.97 Å². The second-order valence-electron chi connectivity index (χ2n) is 6.54. The molecule has 4 heteroatoms. The van der Waals surface area contributed by atoms with Crippen LogP contribution < -0.4 is 10.1 Å². The molecule has 0 aromatic heterocycles. The van der Waals surface area contributed by atoms with Gasteiger partial charge in [0.1, 0.15) is 11.4 Å². The topological polar surface area (TPSA) is 58.6 Å². The molecule has 0 bridgehead atoms. The minimum Gasteiger partial charge on any atom is -0.487 e. The smallest absolute Gasteiger partial charge is 0.335 e. The van der Waals surface area contributed by atoms with Crippen LogP contribution in [0.2, 0.25) is 0 Å². The summed E-state index contributed by atoms with van der Waals surface area (Å²) in [5.74, 6) is 0.0343. The van der Waals surface area contributed by atoms with Crippen molar-refractivity contribution in [2.45, 2.75) is 38.5 Å². The van der Waals surface area contributed by atoms with Gasteiger partial charge in [-0.25, -0.2) is 4.79 Å². The lowest BCUT2D eigenvalue weighted by atomic mass is 9.89. The molecule has 1 aliphatic rings. The summed E-state index contributed by atoms with van der Waals surface area (Å²) in [4.78, 5) is 10.9. The highest BCUT2D eigenvalue weighted by Crippen LogP contribution is 2.39. The van der Waals surface area contributed by atoms with Crippen molar-refractivity contribution in [2.24, 2.45) is 0 Å². The molecule has 0 aliphatic carbocycles. The van der Waals surface area contributed by atoms with E-state index in [0.29, 0.717) is 12.1 Å². The van der Waals surface area contributed by atoms with Gasteiger partial charge in [0.2, 0.25) is 0 Å². The predicted molar refractivity (Wildman–Crippen MR) is 88.7 cm³/mol. The maximum Gasteiger partial charge on any atom is 0.335 e. The molecule has 1 heterocycles. The van der Waals surface area contributed by atoms with Gasteiger partial charge in [-0.2, -0.15) is 0 Å². The standard InChI is InChI=1S/C19H21NO3/c1-19(2)11-16(15-5-3-4-6-17(15)23-19)20-12-13-7-9-14(10-8-13)18(21)22/h3-10,16,20H,11-12H2,1-2H3,(H,21,22). The normalized spacial score (nSPS) is 18.8. The van der Waals surface area contributed by atoms with Crippen molar-refractivity contribution in [3.8, 4) is 5.75 Å². The molecule has 2 N–H and O–H groups in total. The molecule has 2 aromatic carbocycles. The summed E-state index contributed by atoms with van der Waals surface area (Å²) in [6.07, 6.45) is 0.886. The van der Waals surface area contributed by atoms with Gasteiger partial charge in [-0.15, -0.1) is 0 Å². The SMILES string of the molecule is CC1(C)CC(NCc2ccc(C(=O)O)cc2)c2ccccc2O1. The zero-order valence-electron chi connectivity index (χ0n) is 13.4. The van der Waals surface area contributed by atoms with Crippen molar-refractivity contribution >= 4 is 5.97 Å². The first-order chi connectivity index (χ1) is 10.9. The maximum atomic E-state index is 10.9. The minimum absolute atomic E-state index is 0.209. The van der Waals surface area contributed by atoms with Crippen molar-refractivity contribution in [1.82, 2.24) is 5.32 Å². The van der Waals surface area contributed by atoms with Crippen molar-refractivity contribution in [3.05, 3.63) is 65.2 Å². The summed E-state index contributed by atoms with van der Waals surface area (Å²) in [6.45, 7) is 4.88. The zero-order chi connectivity index (χ0) is 16.4. The van der Waals surface area contributed by atoms with Crippen LogP contribution in [0.1, 0.15) is 47.8 Å². The first-order valence-electron chi connectivity index (χ1n) is 7.78. The molecule has 0 fully saturated rings. The molecule has 120 valence electrons. The minimum atomic E-state index is -0.899. The van der Waals surface area contributed by atoms with Gasteiger partial charge < -0.3 is 15.2 Å². The number of carboxylic acid groups (broad SMARTS) is 1. The van der Waals surface area contributed by atoms with Crippen LogP contribution in [0.25, 0.3) is 0 Å². The highest BCUT2D eigenvalue weighted by Gasteiger charge is 2.33. The Hall–Kier alpha value is -2.33. The highest BCUT2D eigenvalue weighted by molar-refractivity contribution is 5.87. The van der Waals surface area contributed by atoms with E-state index in [1.54, 1.807) is 12.1 Å². The van der Waals surface area contributed by atoms with Crippen LogP contribution in [0.15, 0.2) is 48.5 Å². The Labute approximate surface area is 136 Å².